The van der Waals surface area contributed by atoms with Gasteiger partial charge in [-0.3, -0.25) is 16.1 Å². The van der Waals surface area contributed by atoms with Crippen molar-refractivity contribution in [3.8, 4) is 11.1 Å². The topological polar surface area (TPSA) is 132 Å². The fourth-order valence-corrected chi connectivity index (χ4v) is 4.72. The number of anilines is 1. The Hall–Kier alpha value is -4.21. The lowest BCUT2D eigenvalue weighted by atomic mass is 9.98. The van der Waals surface area contributed by atoms with Crippen LogP contribution in [0.1, 0.15) is 61.0 Å². The van der Waals surface area contributed by atoms with Crippen molar-refractivity contribution in [1.29, 1.82) is 0 Å². The van der Waals surface area contributed by atoms with Crippen molar-refractivity contribution in [3.05, 3.63) is 89.5 Å². The molecule has 0 aromatic heterocycles. The van der Waals surface area contributed by atoms with Crippen molar-refractivity contribution in [2.24, 2.45) is 5.84 Å². The summed E-state index contributed by atoms with van der Waals surface area (Å²) in [7, 11) is 0. The van der Waals surface area contributed by atoms with E-state index in [1.165, 1.54) is 0 Å². The molecular weight excluding hydrogens is 508 g/mol. The molecule has 4 rings (SSSR count). The molecule has 1 atom stereocenters. The van der Waals surface area contributed by atoms with Crippen LogP contribution in [0.4, 0.5) is 10.5 Å². The Balaban J connectivity index is 1.38. The summed E-state index contributed by atoms with van der Waals surface area (Å²) in [6, 6.07) is 21.7. The van der Waals surface area contributed by atoms with Gasteiger partial charge in [-0.15, -0.1) is 0 Å². The molecule has 40 heavy (non-hydrogen) atoms. The molecule has 1 aliphatic rings. The number of benzene rings is 3. The van der Waals surface area contributed by atoms with Gasteiger partial charge in [0.05, 0.1) is 5.56 Å². The first-order valence-corrected chi connectivity index (χ1v) is 13.4. The Bertz CT molecular complexity index is 1300. The van der Waals surface area contributed by atoms with E-state index in [0.29, 0.717) is 30.6 Å². The molecule has 1 aliphatic carbocycles. The molecule has 0 unspecified atom stereocenters. The summed E-state index contributed by atoms with van der Waals surface area (Å²) in [5.74, 6) is 4.44. The number of rotatable bonds is 10. The van der Waals surface area contributed by atoms with Gasteiger partial charge >= 0.3 is 12.1 Å². The number of amides is 2. The van der Waals surface area contributed by atoms with Crippen molar-refractivity contribution in [2.75, 3.05) is 18.5 Å². The smallest absolute Gasteiger partial charge is 0.407 e. The highest BCUT2D eigenvalue weighted by atomic mass is 16.6. The number of nitrogens with two attached hydrogens (primary N) is 1. The van der Waals surface area contributed by atoms with Gasteiger partial charge in [0, 0.05) is 18.2 Å². The first-order chi connectivity index (χ1) is 19.2. The maximum Gasteiger partial charge on any atom is 0.407 e. The molecule has 0 radical (unpaired) electrons. The number of hydrogen-bond acceptors (Lipinski definition) is 7. The van der Waals surface area contributed by atoms with Gasteiger partial charge in [0.2, 0.25) is 5.91 Å². The van der Waals surface area contributed by atoms with Gasteiger partial charge < -0.3 is 20.1 Å². The quantitative estimate of drug-likeness (QED) is 0.126. The molecule has 9 heteroatoms. The minimum absolute atomic E-state index is 0.0876. The van der Waals surface area contributed by atoms with E-state index < -0.39 is 29.6 Å². The zero-order chi connectivity index (χ0) is 28.7. The summed E-state index contributed by atoms with van der Waals surface area (Å²) in [4.78, 5) is 38.2. The van der Waals surface area contributed by atoms with Crippen molar-refractivity contribution in [1.82, 2.24) is 10.7 Å². The Morgan fingerprint density at radius 1 is 0.900 bits per heavy atom. The van der Waals surface area contributed by atoms with Crippen LogP contribution in [0.5, 0.6) is 0 Å². The maximum absolute atomic E-state index is 13.1. The Kier molecular flexibility index (Phi) is 9.19. The second kappa shape index (κ2) is 12.8. The first kappa shape index (κ1) is 28.8. The fourth-order valence-electron chi connectivity index (χ4n) is 4.72. The van der Waals surface area contributed by atoms with Crippen molar-refractivity contribution >= 4 is 23.7 Å². The monoisotopic (exact) mass is 544 g/mol. The van der Waals surface area contributed by atoms with Crippen LogP contribution in [0.25, 0.3) is 11.1 Å². The van der Waals surface area contributed by atoms with Crippen molar-refractivity contribution < 1.29 is 23.9 Å². The van der Waals surface area contributed by atoms with Crippen LogP contribution in [0.15, 0.2) is 72.8 Å². The molecule has 210 valence electrons. The summed E-state index contributed by atoms with van der Waals surface area (Å²) >= 11 is 0. The van der Waals surface area contributed by atoms with Gasteiger partial charge in [-0.1, -0.05) is 48.5 Å². The molecule has 3 aromatic rings. The van der Waals surface area contributed by atoms with Crippen LogP contribution >= 0.6 is 0 Å². The number of hydrazine groups is 1. The lowest BCUT2D eigenvalue weighted by Crippen LogP contribution is -2.44. The highest BCUT2D eigenvalue weighted by Crippen LogP contribution is 2.44. The normalized spacial score (nSPS) is 13.1. The number of carbonyl (C=O) groups is 3. The number of hydrogen-bond donors (Lipinski definition) is 4. The summed E-state index contributed by atoms with van der Waals surface area (Å²) in [5.41, 5.74) is 7.28. The van der Waals surface area contributed by atoms with E-state index in [1.807, 2.05) is 36.4 Å². The standard InChI is InChI=1S/C31H36N4O5/c1-31(2,3)40-29(37)20-14-16-21(17-15-20)34-28(36)27(13-8-18-33-32)35-30(38)39-19-26-24-11-6-4-9-22(24)23-10-5-7-12-25(23)26/h4-7,9-12,14-17,26-27,33H,8,13,18-19,32H2,1-3H3,(H,34,36)(H,35,38)/t27-/m0/s1. The van der Waals surface area contributed by atoms with Crippen molar-refractivity contribution in [3.63, 3.8) is 0 Å². The minimum atomic E-state index is -0.852. The second-order valence-electron chi connectivity index (χ2n) is 10.7. The minimum Gasteiger partial charge on any atom is -0.456 e. The van der Waals surface area contributed by atoms with E-state index in [9.17, 15) is 14.4 Å². The van der Waals surface area contributed by atoms with E-state index in [-0.39, 0.29) is 12.5 Å². The highest BCUT2D eigenvalue weighted by molar-refractivity contribution is 5.97. The average Bonchev–Trinajstić information content (AvgIpc) is 3.24. The molecular formula is C31H36N4O5. The van der Waals surface area contributed by atoms with Gasteiger partial charge in [-0.2, -0.15) is 0 Å². The average molecular weight is 545 g/mol. The van der Waals surface area contributed by atoms with Gasteiger partial charge in [0.25, 0.3) is 0 Å². The molecule has 9 nitrogen and oxygen atoms in total. The number of ether oxygens (including phenoxy) is 2. The summed E-state index contributed by atoms with van der Waals surface area (Å²) in [5, 5.41) is 5.51. The molecule has 5 N–H and O–H groups in total. The maximum atomic E-state index is 13.1. The molecule has 0 spiro atoms. The fraction of sp³-hybridized carbons (Fsp3) is 0.323. The zero-order valence-corrected chi connectivity index (χ0v) is 23.0. The third-order valence-corrected chi connectivity index (χ3v) is 6.55. The predicted molar refractivity (Wildman–Crippen MR) is 154 cm³/mol. The summed E-state index contributed by atoms with van der Waals surface area (Å²) in [6.07, 6.45) is 0.217. The van der Waals surface area contributed by atoms with Crippen LogP contribution in [0.3, 0.4) is 0 Å². The third kappa shape index (κ3) is 7.25. The molecule has 0 saturated heterocycles. The van der Waals surface area contributed by atoms with Crippen LogP contribution in [-0.4, -0.2) is 42.8 Å². The third-order valence-electron chi connectivity index (χ3n) is 6.55. The molecule has 0 aliphatic heterocycles. The molecule has 0 heterocycles. The predicted octanol–water partition coefficient (Wildman–Crippen LogP) is 4.73. The van der Waals surface area contributed by atoms with Gasteiger partial charge in [-0.05, 0) is 80.1 Å². The lowest BCUT2D eigenvalue weighted by molar-refractivity contribution is -0.118. The number of esters is 1. The molecule has 0 saturated carbocycles. The number of nitrogens with one attached hydrogen (secondary N) is 3. The highest BCUT2D eigenvalue weighted by Gasteiger charge is 2.30. The largest absolute Gasteiger partial charge is 0.456 e. The molecule has 0 bridgehead atoms. The first-order valence-electron chi connectivity index (χ1n) is 13.4. The van der Waals surface area contributed by atoms with Crippen LogP contribution in [0, 0.1) is 0 Å². The van der Waals surface area contributed by atoms with Crippen molar-refractivity contribution in [2.45, 2.75) is 51.2 Å². The summed E-state index contributed by atoms with van der Waals surface area (Å²) in [6.45, 7) is 6.00. The van der Waals surface area contributed by atoms with E-state index in [0.717, 1.165) is 22.3 Å². The van der Waals surface area contributed by atoms with Crippen LogP contribution in [-0.2, 0) is 14.3 Å². The SMILES string of the molecule is CC(C)(C)OC(=O)c1ccc(NC(=O)[C@H](CCCNN)NC(=O)OCC2c3ccccc3-c3ccccc32)cc1. The van der Waals surface area contributed by atoms with Crippen LogP contribution < -0.4 is 21.9 Å². The van der Waals surface area contributed by atoms with E-state index in [2.05, 4.69) is 28.2 Å². The Morgan fingerprint density at radius 2 is 1.50 bits per heavy atom. The second-order valence-corrected chi connectivity index (χ2v) is 10.7. The van der Waals surface area contributed by atoms with Gasteiger partial charge in [0.15, 0.2) is 0 Å². The number of fused-ring (bicyclic) bond motifs is 3. The molecule has 3 aromatic carbocycles. The van der Waals surface area contributed by atoms with E-state index in [1.54, 1.807) is 45.0 Å². The Labute approximate surface area is 234 Å². The lowest BCUT2D eigenvalue weighted by Gasteiger charge is -2.20. The Morgan fingerprint density at radius 3 is 2.08 bits per heavy atom. The number of alkyl carbamates (subject to hydrolysis) is 1. The molecule has 0 fully saturated rings. The van der Waals surface area contributed by atoms with Gasteiger partial charge in [0.1, 0.15) is 18.2 Å². The summed E-state index contributed by atoms with van der Waals surface area (Å²) < 4.78 is 11.0. The van der Waals surface area contributed by atoms with Gasteiger partial charge in [-0.25, -0.2) is 9.59 Å². The zero-order valence-electron chi connectivity index (χ0n) is 23.0. The number of carbonyl (C=O) groups excluding carboxylic acids is 3. The van der Waals surface area contributed by atoms with E-state index >= 15 is 0 Å². The van der Waals surface area contributed by atoms with E-state index in [4.69, 9.17) is 15.3 Å². The molecule has 2 amide bonds. The van der Waals surface area contributed by atoms with Crippen LogP contribution in [0.2, 0.25) is 0 Å².